The van der Waals surface area contributed by atoms with Gasteiger partial charge < -0.3 is 0 Å². The van der Waals surface area contributed by atoms with Crippen LogP contribution in [-0.2, 0) is 6.54 Å². The van der Waals surface area contributed by atoms with E-state index in [9.17, 15) is 4.79 Å². The number of nitrogens with zero attached hydrogens (tertiary/aromatic N) is 2. The minimum Gasteiger partial charge on any atom is -0.266 e. The summed E-state index contributed by atoms with van der Waals surface area (Å²) in [6, 6.07) is 8.03. The first kappa shape index (κ1) is 12.5. The van der Waals surface area contributed by atoms with Gasteiger partial charge in [0.05, 0.1) is 17.2 Å². The number of halogens is 2. The smallest absolute Gasteiger partial charge is 0.266 e. The fourth-order valence-corrected chi connectivity index (χ4v) is 2.11. The average Bonchev–Trinajstić information content (AvgIpc) is 2.30. The van der Waals surface area contributed by atoms with E-state index in [1.165, 1.54) is 10.2 Å². The molecule has 0 saturated heterocycles. The molecule has 3 nitrogen and oxygen atoms in total. The summed E-state index contributed by atoms with van der Waals surface area (Å²) in [7, 11) is 0. The number of hydrogen-bond acceptors (Lipinski definition) is 2. The Morgan fingerprint density at radius 2 is 2.12 bits per heavy atom. The van der Waals surface area contributed by atoms with Gasteiger partial charge in [0.2, 0.25) is 0 Å². The van der Waals surface area contributed by atoms with Crippen molar-refractivity contribution in [3.05, 3.63) is 60.9 Å². The van der Waals surface area contributed by atoms with Gasteiger partial charge in [0.25, 0.3) is 5.56 Å². The van der Waals surface area contributed by atoms with Crippen molar-refractivity contribution in [1.29, 1.82) is 0 Å². The molecular formula is C12H10Br2N2O. The van der Waals surface area contributed by atoms with Crippen LogP contribution in [0.25, 0.3) is 0 Å². The van der Waals surface area contributed by atoms with Crippen LogP contribution in [0, 0.1) is 6.92 Å². The first-order chi connectivity index (χ1) is 8.08. The van der Waals surface area contributed by atoms with Crippen molar-refractivity contribution in [3.63, 3.8) is 0 Å². The van der Waals surface area contributed by atoms with E-state index in [0.29, 0.717) is 15.5 Å². The molecule has 0 amide bonds. The molecule has 0 radical (unpaired) electrons. The molecular weight excluding hydrogens is 348 g/mol. The van der Waals surface area contributed by atoms with Gasteiger partial charge in [-0.25, -0.2) is 4.68 Å². The summed E-state index contributed by atoms with van der Waals surface area (Å²) < 4.78 is 2.60. The van der Waals surface area contributed by atoms with Gasteiger partial charge in [0.1, 0.15) is 4.47 Å². The zero-order valence-electron chi connectivity index (χ0n) is 9.15. The van der Waals surface area contributed by atoms with E-state index in [-0.39, 0.29) is 5.56 Å². The molecule has 17 heavy (non-hydrogen) atoms. The van der Waals surface area contributed by atoms with E-state index in [1.54, 1.807) is 6.20 Å². The molecule has 1 aromatic heterocycles. The average molecular weight is 358 g/mol. The summed E-state index contributed by atoms with van der Waals surface area (Å²) >= 11 is 6.49. The van der Waals surface area contributed by atoms with Gasteiger partial charge >= 0.3 is 0 Å². The van der Waals surface area contributed by atoms with Gasteiger partial charge in [-0.1, -0.05) is 29.8 Å². The maximum absolute atomic E-state index is 11.9. The Kier molecular flexibility index (Phi) is 3.79. The zero-order valence-corrected chi connectivity index (χ0v) is 12.3. The molecule has 0 unspecified atom stereocenters. The Labute approximate surface area is 116 Å². The summed E-state index contributed by atoms with van der Waals surface area (Å²) in [6.07, 6.45) is 1.61. The Morgan fingerprint density at radius 1 is 1.35 bits per heavy atom. The van der Waals surface area contributed by atoms with Crippen LogP contribution >= 0.6 is 31.9 Å². The highest BCUT2D eigenvalue weighted by molar-refractivity contribution is 9.13. The number of rotatable bonds is 2. The molecule has 0 bridgehead atoms. The third-order valence-electron chi connectivity index (χ3n) is 2.36. The lowest BCUT2D eigenvalue weighted by Crippen LogP contribution is -2.24. The molecule has 2 aromatic rings. The SMILES string of the molecule is Cc1cccc(Cn2ncc(Br)c(Br)c2=O)c1. The number of aromatic nitrogens is 2. The Hall–Kier alpha value is -0.940. The van der Waals surface area contributed by atoms with E-state index in [1.807, 2.05) is 31.2 Å². The molecule has 0 aliphatic rings. The number of benzene rings is 1. The second kappa shape index (κ2) is 5.14. The van der Waals surface area contributed by atoms with Crippen LogP contribution in [0.4, 0.5) is 0 Å². The predicted molar refractivity (Wildman–Crippen MR) is 74.2 cm³/mol. The lowest BCUT2D eigenvalue weighted by molar-refractivity contribution is 0.633. The third-order valence-corrected chi connectivity index (χ3v) is 4.26. The fourth-order valence-electron chi connectivity index (χ4n) is 1.54. The number of hydrogen-bond donors (Lipinski definition) is 0. The van der Waals surface area contributed by atoms with Crippen LogP contribution in [-0.4, -0.2) is 9.78 Å². The van der Waals surface area contributed by atoms with E-state index >= 15 is 0 Å². The summed E-state index contributed by atoms with van der Waals surface area (Å²) in [4.78, 5) is 11.9. The minimum absolute atomic E-state index is 0.138. The summed E-state index contributed by atoms with van der Waals surface area (Å²) in [5, 5.41) is 4.09. The fraction of sp³-hybridized carbons (Fsp3) is 0.167. The molecule has 1 aromatic carbocycles. The quantitative estimate of drug-likeness (QED) is 0.827. The van der Waals surface area contributed by atoms with Gasteiger partial charge in [-0.15, -0.1) is 0 Å². The molecule has 0 fully saturated rings. The second-order valence-electron chi connectivity index (χ2n) is 3.76. The van der Waals surface area contributed by atoms with E-state index in [2.05, 4.69) is 37.0 Å². The van der Waals surface area contributed by atoms with Gasteiger partial charge in [-0.3, -0.25) is 4.79 Å². The highest BCUT2D eigenvalue weighted by atomic mass is 79.9. The van der Waals surface area contributed by atoms with Crippen LogP contribution in [0.3, 0.4) is 0 Å². The highest BCUT2D eigenvalue weighted by Crippen LogP contribution is 2.16. The zero-order chi connectivity index (χ0) is 12.4. The topological polar surface area (TPSA) is 34.9 Å². The van der Waals surface area contributed by atoms with Crippen molar-refractivity contribution < 1.29 is 0 Å². The van der Waals surface area contributed by atoms with Crippen LogP contribution in [0.5, 0.6) is 0 Å². The standard InChI is InChI=1S/C12H10Br2N2O/c1-8-3-2-4-9(5-8)7-16-12(17)11(14)10(13)6-15-16/h2-6H,7H2,1H3. The Bertz CT molecular complexity index is 608. The van der Waals surface area contributed by atoms with Crippen molar-refractivity contribution in [1.82, 2.24) is 9.78 Å². The molecule has 88 valence electrons. The molecule has 0 atom stereocenters. The molecule has 0 aliphatic heterocycles. The molecule has 0 saturated carbocycles. The molecule has 0 aliphatic carbocycles. The van der Waals surface area contributed by atoms with Crippen molar-refractivity contribution >= 4 is 31.9 Å². The molecule has 5 heteroatoms. The lowest BCUT2D eigenvalue weighted by Gasteiger charge is -2.06. The van der Waals surface area contributed by atoms with E-state index in [4.69, 9.17) is 0 Å². The molecule has 0 spiro atoms. The van der Waals surface area contributed by atoms with Crippen molar-refractivity contribution in [2.75, 3.05) is 0 Å². The van der Waals surface area contributed by atoms with Crippen molar-refractivity contribution in [3.8, 4) is 0 Å². The van der Waals surface area contributed by atoms with E-state index < -0.39 is 0 Å². The van der Waals surface area contributed by atoms with Gasteiger partial charge in [0, 0.05) is 0 Å². The lowest BCUT2D eigenvalue weighted by atomic mass is 10.1. The van der Waals surface area contributed by atoms with Gasteiger partial charge in [0.15, 0.2) is 0 Å². The van der Waals surface area contributed by atoms with Crippen LogP contribution in [0.15, 0.2) is 44.2 Å². The van der Waals surface area contributed by atoms with Crippen LogP contribution in [0.2, 0.25) is 0 Å². The first-order valence-electron chi connectivity index (χ1n) is 5.04. The predicted octanol–water partition coefficient (Wildman–Crippen LogP) is 3.13. The first-order valence-corrected chi connectivity index (χ1v) is 6.63. The maximum atomic E-state index is 11.9. The summed E-state index contributed by atoms with van der Waals surface area (Å²) in [5.74, 6) is 0. The summed E-state index contributed by atoms with van der Waals surface area (Å²) in [5.41, 5.74) is 2.10. The van der Waals surface area contributed by atoms with Crippen LogP contribution < -0.4 is 5.56 Å². The molecule has 0 N–H and O–H groups in total. The number of aryl methyl sites for hydroxylation is 1. The van der Waals surface area contributed by atoms with Gasteiger partial charge in [-0.2, -0.15) is 5.10 Å². The van der Waals surface area contributed by atoms with Crippen molar-refractivity contribution in [2.24, 2.45) is 0 Å². The van der Waals surface area contributed by atoms with Crippen molar-refractivity contribution in [2.45, 2.75) is 13.5 Å². The van der Waals surface area contributed by atoms with E-state index in [0.717, 1.165) is 5.56 Å². The normalized spacial score (nSPS) is 10.5. The Balaban J connectivity index is 2.37. The minimum atomic E-state index is -0.138. The maximum Gasteiger partial charge on any atom is 0.282 e. The van der Waals surface area contributed by atoms with Crippen LogP contribution in [0.1, 0.15) is 11.1 Å². The molecule has 1 heterocycles. The highest BCUT2D eigenvalue weighted by Gasteiger charge is 2.06. The molecule has 2 rings (SSSR count). The largest absolute Gasteiger partial charge is 0.282 e. The monoisotopic (exact) mass is 356 g/mol. The Morgan fingerprint density at radius 3 is 2.82 bits per heavy atom. The third kappa shape index (κ3) is 2.84. The summed E-state index contributed by atoms with van der Waals surface area (Å²) in [6.45, 7) is 2.50. The van der Waals surface area contributed by atoms with Gasteiger partial charge in [-0.05, 0) is 44.3 Å². The second-order valence-corrected chi connectivity index (χ2v) is 5.41.